The van der Waals surface area contributed by atoms with Gasteiger partial charge in [0.2, 0.25) is 5.91 Å². The Morgan fingerprint density at radius 2 is 1.82 bits per heavy atom. The molecule has 0 aromatic heterocycles. The molecule has 3 amide bonds. The molecule has 1 saturated heterocycles. The van der Waals surface area contributed by atoms with Gasteiger partial charge < -0.3 is 5.32 Å². The summed E-state index contributed by atoms with van der Waals surface area (Å²) in [5.74, 6) is -0.898. The first-order valence-corrected chi connectivity index (χ1v) is 12.1. The van der Waals surface area contributed by atoms with E-state index in [2.05, 4.69) is 5.32 Å². The summed E-state index contributed by atoms with van der Waals surface area (Å²) in [5.41, 5.74) is 4.29. The Morgan fingerprint density at radius 3 is 2.58 bits per heavy atom. The van der Waals surface area contributed by atoms with Gasteiger partial charge in [0.1, 0.15) is 10.9 Å². The number of anilines is 2. The minimum atomic E-state index is -0.358. The predicted molar refractivity (Wildman–Crippen MR) is 137 cm³/mol. The van der Waals surface area contributed by atoms with Crippen LogP contribution in [0.15, 0.2) is 47.4 Å². The highest BCUT2D eigenvalue weighted by Crippen LogP contribution is 2.44. The first-order chi connectivity index (χ1) is 15.8. The van der Waals surface area contributed by atoms with Gasteiger partial charge in [0, 0.05) is 17.8 Å². The van der Waals surface area contributed by atoms with E-state index in [4.69, 9.17) is 12.2 Å². The minimum Gasteiger partial charge on any atom is -0.324 e. The number of hydrogen-bond donors (Lipinski definition) is 1. The highest BCUT2D eigenvalue weighted by Gasteiger charge is 2.42. The van der Waals surface area contributed by atoms with Crippen LogP contribution in [0.2, 0.25) is 0 Å². The molecule has 2 aromatic carbocycles. The van der Waals surface area contributed by atoms with Crippen molar-refractivity contribution in [1.29, 1.82) is 0 Å². The Balaban J connectivity index is 1.63. The zero-order valence-corrected chi connectivity index (χ0v) is 20.4. The molecule has 0 atom stereocenters. The number of unbranched alkanes of at least 4 members (excludes halogenated alkanes) is 1. The molecule has 33 heavy (non-hydrogen) atoms. The molecule has 0 spiro atoms. The maximum atomic E-state index is 13.5. The van der Waals surface area contributed by atoms with Crippen molar-refractivity contribution in [2.45, 2.75) is 33.6 Å². The van der Waals surface area contributed by atoms with Crippen LogP contribution >= 0.6 is 24.0 Å². The molecule has 2 aliphatic rings. The molecule has 2 aliphatic heterocycles. The second-order valence-corrected chi connectivity index (χ2v) is 9.80. The standard InChI is InChI=1S/C25H25N3O3S2/c1-4-5-12-27-24(31)22(33-25(27)32)21-17-8-6-7-9-19(17)28(23(21)30)14-20(29)26-18-13-15(2)10-11-16(18)3/h6-11,13H,4-5,12,14H2,1-3H3,(H,26,29)/b22-21+. The van der Waals surface area contributed by atoms with Crippen LogP contribution in [0.3, 0.4) is 0 Å². The van der Waals surface area contributed by atoms with E-state index in [0.29, 0.717) is 32.6 Å². The maximum absolute atomic E-state index is 13.5. The molecular formula is C25H25N3O3S2. The van der Waals surface area contributed by atoms with Crippen LogP contribution in [-0.4, -0.2) is 40.0 Å². The molecular weight excluding hydrogens is 454 g/mol. The fourth-order valence-corrected chi connectivity index (χ4v) is 5.30. The van der Waals surface area contributed by atoms with E-state index in [1.54, 1.807) is 11.0 Å². The predicted octanol–water partition coefficient (Wildman–Crippen LogP) is 4.66. The molecule has 1 N–H and O–H groups in total. The van der Waals surface area contributed by atoms with Crippen LogP contribution in [0.4, 0.5) is 11.4 Å². The van der Waals surface area contributed by atoms with E-state index in [9.17, 15) is 14.4 Å². The second kappa shape index (κ2) is 9.49. The SMILES string of the molecule is CCCCN1C(=O)/C(=C2\C(=O)N(CC(=O)Nc3cc(C)ccc3C)c3ccccc32)SC1=S. The van der Waals surface area contributed by atoms with Crippen LogP contribution in [-0.2, 0) is 14.4 Å². The van der Waals surface area contributed by atoms with Crippen molar-refractivity contribution in [2.75, 3.05) is 23.3 Å². The Hall–Kier alpha value is -2.97. The summed E-state index contributed by atoms with van der Waals surface area (Å²) in [6.07, 6.45) is 1.78. The van der Waals surface area contributed by atoms with Gasteiger partial charge in [-0.3, -0.25) is 24.2 Å². The number of rotatable bonds is 6. The lowest BCUT2D eigenvalue weighted by atomic mass is 10.1. The lowest BCUT2D eigenvalue weighted by Crippen LogP contribution is -2.35. The summed E-state index contributed by atoms with van der Waals surface area (Å²) in [6, 6.07) is 13.1. The van der Waals surface area contributed by atoms with Crippen molar-refractivity contribution in [3.05, 3.63) is 64.1 Å². The number of nitrogens with zero attached hydrogens (tertiary/aromatic N) is 2. The molecule has 0 aliphatic carbocycles. The zero-order valence-electron chi connectivity index (χ0n) is 18.8. The summed E-state index contributed by atoms with van der Waals surface area (Å²) in [5, 5.41) is 2.91. The van der Waals surface area contributed by atoms with Gasteiger partial charge in [-0.1, -0.05) is 67.7 Å². The van der Waals surface area contributed by atoms with E-state index in [1.807, 2.05) is 57.2 Å². The molecule has 0 saturated carbocycles. The third-order valence-electron chi connectivity index (χ3n) is 5.70. The molecule has 0 bridgehead atoms. The van der Waals surface area contributed by atoms with Crippen molar-refractivity contribution in [3.8, 4) is 0 Å². The smallest absolute Gasteiger partial charge is 0.267 e. The van der Waals surface area contributed by atoms with Crippen LogP contribution in [0, 0.1) is 13.8 Å². The normalized spacial score (nSPS) is 17.7. The number of aryl methyl sites for hydroxylation is 2. The van der Waals surface area contributed by atoms with E-state index in [0.717, 1.165) is 41.4 Å². The van der Waals surface area contributed by atoms with Crippen LogP contribution in [0.25, 0.3) is 5.57 Å². The van der Waals surface area contributed by atoms with Crippen molar-refractivity contribution < 1.29 is 14.4 Å². The zero-order chi connectivity index (χ0) is 23.7. The van der Waals surface area contributed by atoms with E-state index >= 15 is 0 Å². The summed E-state index contributed by atoms with van der Waals surface area (Å²) >= 11 is 6.58. The number of thioether (sulfide) groups is 1. The minimum absolute atomic E-state index is 0.150. The molecule has 6 nitrogen and oxygen atoms in total. The third-order valence-corrected chi connectivity index (χ3v) is 7.15. The topological polar surface area (TPSA) is 69.7 Å². The number of fused-ring (bicyclic) bond motifs is 1. The molecule has 170 valence electrons. The summed E-state index contributed by atoms with van der Waals surface area (Å²) in [7, 11) is 0. The number of nitrogens with one attached hydrogen (secondary N) is 1. The fraction of sp³-hybridized carbons (Fsp3) is 0.280. The molecule has 4 rings (SSSR count). The average Bonchev–Trinajstić information content (AvgIpc) is 3.21. The summed E-state index contributed by atoms with van der Waals surface area (Å²) in [4.78, 5) is 42.8. The largest absolute Gasteiger partial charge is 0.324 e. The highest BCUT2D eigenvalue weighted by molar-refractivity contribution is 8.26. The number of para-hydroxylation sites is 1. The van der Waals surface area contributed by atoms with Gasteiger partial charge in [-0.2, -0.15) is 0 Å². The molecule has 0 radical (unpaired) electrons. The monoisotopic (exact) mass is 479 g/mol. The summed E-state index contributed by atoms with van der Waals surface area (Å²) in [6.45, 7) is 6.31. The molecule has 0 unspecified atom stereocenters. The van der Waals surface area contributed by atoms with Gasteiger partial charge in [0.05, 0.1) is 16.2 Å². The maximum Gasteiger partial charge on any atom is 0.267 e. The second-order valence-electron chi connectivity index (χ2n) is 8.16. The summed E-state index contributed by atoms with van der Waals surface area (Å²) < 4.78 is 0.465. The van der Waals surface area contributed by atoms with Crippen LogP contribution in [0.1, 0.15) is 36.5 Å². The van der Waals surface area contributed by atoms with Gasteiger partial charge in [-0.25, -0.2) is 0 Å². The van der Waals surface area contributed by atoms with Crippen molar-refractivity contribution >= 4 is 63.0 Å². The quantitative estimate of drug-likeness (QED) is 0.482. The molecule has 1 fully saturated rings. The van der Waals surface area contributed by atoms with Crippen molar-refractivity contribution in [3.63, 3.8) is 0 Å². The Bertz CT molecular complexity index is 1210. The average molecular weight is 480 g/mol. The first-order valence-electron chi connectivity index (χ1n) is 10.9. The molecule has 2 heterocycles. The van der Waals surface area contributed by atoms with E-state index in [-0.39, 0.29) is 24.3 Å². The third kappa shape index (κ3) is 4.45. The Kier molecular flexibility index (Phi) is 6.67. The Labute approximate surface area is 203 Å². The van der Waals surface area contributed by atoms with Gasteiger partial charge in [-0.05, 0) is 43.5 Å². The van der Waals surface area contributed by atoms with Gasteiger partial charge in [-0.15, -0.1) is 0 Å². The number of amides is 3. The first kappa shape index (κ1) is 23.2. The fourth-order valence-electron chi connectivity index (χ4n) is 3.92. The highest BCUT2D eigenvalue weighted by atomic mass is 32.2. The number of hydrogen-bond acceptors (Lipinski definition) is 5. The number of thiocarbonyl (C=S) groups is 1. The molecule has 8 heteroatoms. The number of carbonyl (C=O) groups excluding carboxylic acids is 3. The molecule has 2 aromatic rings. The van der Waals surface area contributed by atoms with E-state index < -0.39 is 0 Å². The number of carbonyl (C=O) groups is 3. The lowest BCUT2D eigenvalue weighted by Gasteiger charge is -2.17. The van der Waals surface area contributed by atoms with Gasteiger partial charge in [0.15, 0.2) is 0 Å². The van der Waals surface area contributed by atoms with Crippen molar-refractivity contribution in [2.24, 2.45) is 0 Å². The van der Waals surface area contributed by atoms with Gasteiger partial charge in [0.25, 0.3) is 11.8 Å². The van der Waals surface area contributed by atoms with Crippen molar-refractivity contribution in [1.82, 2.24) is 4.90 Å². The Morgan fingerprint density at radius 1 is 1.06 bits per heavy atom. The number of benzene rings is 2. The van der Waals surface area contributed by atoms with Crippen LogP contribution < -0.4 is 10.2 Å². The van der Waals surface area contributed by atoms with E-state index in [1.165, 1.54) is 4.90 Å². The van der Waals surface area contributed by atoms with Gasteiger partial charge >= 0.3 is 0 Å². The lowest BCUT2D eigenvalue weighted by molar-refractivity contribution is -0.122. The van der Waals surface area contributed by atoms with Crippen LogP contribution in [0.5, 0.6) is 0 Å².